The second kappa shape index (κ2) is 6.20. The number of halogens is 5. The Hall–Kier alpha value is -1.89. The molecule has 1 heterocycles. The Labute approximate surface area is 138 Å². The number of alkyl halides is 3. The van der Waals surface area contributed by atoms with Crippen LogP contribution in [0, 0.1) is 11.6 Å². The summed E-state index contributed by atoms with van der Waals surface area (Å²) in [6.07, 6.45) is -3.15. The van der Waals surface area contributed by atoms with Crippen molar-refractivity contribution >= 4 is 31.5 Å². The van der Waals surface area contributed by atoms with E-state index >= 15 is 0 Å². The van der Waals surface area contributed by atoms with Gasteiger partial charge in [0.15, 0.2) is 17.4 Å². The van der Waals surface area contributed by atoms with Gasteiger partial charge in [-0.2, -0.15) is 13.2 Å². The number of benzene rings is 2. The van der Waals surface area contributed by atoms with Crippen molar-refractivity contribution in [2.75, 3.05) is 6.61 Å². The van der Waals surface area contributed by atoms with Crippen LogP contribution in [0.4, 0.5) is 22.0 Å². The van der Waals surface area contributed by atoms with Gasteiger partial charge >= 0.3 is 6.18 Å². The van der Waals surface area contributed by atoms with Gasteiger partial charge in [-0.1, -0.05) is 19.4 Å². The van der Waals surface area contributed by atoms with Crippen LogP contribution in [0.5, 0.6) is 5.75 Å². The number of ether oxygens (including phenoxy) is 1. The third-order valence-electron chi connectivity index (χ3n) is 3.71. The molecule has 0 radical (unpaired) electrons. The minimum absolute atomic E-state index is 0.0268. The zero-order valence-electron chi connectivity index (χ0n) is 12.6. The van der Waals surface area contributed by atoms with Gasteiger partial charge in [-0.3, -0.25) is 0 Å². The molecular weight excluding hydrogens is 347 g/mol. The largest absolute Gasteiger partial charge is 0.490 e. The van der Waals surface area contributed by atoms with E-state index in [1.807, 2.05) is 6.92 Å². The summed E-state index contributed by atoms with van der Waals surface area (Å²) < 4.78 is 72.5. The first kappa shape index (κ1) is 17.0. The molecule has 0 N–H and O–H groups in total. The molecule has 0 spiro atoms. The fraction of sp³-hybridized carbons (Fsp3) is 0.294. The molecule has 3 rings (SSSR count). The van der Waals surface area contributed by atoms with Gasteiger partial charge in [0.2, 0.25) is 0 Å². The summed E-state index contributed by atoms with van der Waals surface area (Å²) >= 11 is 0.669. The number of hydrogen-bond donors (Lipinski definition) is 0. The molecule has 0 aliphatic heterocycles. The first-order valence-electron chi connectivity index (χ1n) is 7.37. The van der Waals surface area contributed by atoms with E-state index in [9.17, 15) is 22.0 Å². The van der Waals surface area contributed by atoms with Crippen LogP contribution in [-0.4, -0.2) is 6.61 Å². The van der Waals surface area contributed by atoms with E-state index in [0.717, 1.165) is 12.8 Å². The summed E-state index contributed by atoms with van der Waals surface area (Å²) in [5.74, 6) is -2.01. The highest BCUT2D eigenvalue weighted by Crippen LogP contribution is 2.43. The van der Waals surface area contributed by atoms with E-state index in [4.69, 9.17) is 4.74 Å². The Kier molecular flexibility index (Phi) is 4.38. The maximum absolute atomic E-state index is 14.5. The lowest BCUT2D eigenvalue weighted by Crippen LogP contribution is -2.07. The summed E-state index contributed by atoms with van der Waals surface area (Å²) in [4.78, 5) is 0. The van der Waals surface area contributed by atoms with Gasteiger partial charge in [-0.25, -0.2) is 8.78 Å². The van der Waals surface area contributed by atoms with Crippen LogP contribution >= 0.6 is 11.3 Å². The van der Waals surface area contributed by atoms with Crippen molar-refractivity contribution in [1.29, 1.82) is 0 Å². The number of rotatable bonds is 4. The second-order valence-corrected chi connectivity index (χ2v) is 6.38. The van der Waals surface area contributed by atoms with Crippen molar-refractivity contribution < 1.29 is 26.7 Å². The first-order chi connectivity index (χ1) is 11.3. The maximum atomic E-state index is 14.5. The molecule has 0 unspecified atom stereocenters. The Morgan fingerprint density at radius 3 is 2.21 bits per heavy atom. The molecule has 0 saturated heterocycles. The van der Waals surface area contributed by atoms with Gasteiger partial charge in [0.05, 0.1) is 21.6 Å². The van der Waals surface area contributed by atoms with E-state index < -0.39 is 23.4 Å². The van der Waals surface area contributed by atoms with Gasteiger partial charge in [-0.05, 0) is 24.6 Å². The third kappa shape index (κ3) is 2.81. The van der Waals surface area contributed by atoms with Crippen LogP contribution in [0.25, 0.3) is 20.2 Å². The smallest absolute Gasteiger partial charge is 0.419 e. The summed E-state index contributed by atoms with van der Waals surface area (Å²) in [7, 11) is 0. The highest BCUT2D eigenvalue weighted by molar-refractivity contribution is 7.25. The molecule has 1 aromatic heterocycles. The van der Waals surface area contributed by atoms with Crippen LogP contribution < -0.4 is 4.74 Å². The lowest BCUT2D eigenvalue weighted by Gasteiger charge is -2.08. The quantitative estimate of drug-likeness (QED) is 0.380. The van der Waals surface area contributed by atoms with Crippen LogP contribution in [0.2, 0.25) is 0 Å². The number of hydrogen-bond acceptors (Lipinski definition) is 2. The van der Waals surface area contributed by atoms with Crippen molar-refractivity contribution in [1.82, 2.24) is 0 Å². The lowest BCUT2D eigenvalue weighted by molar-refractivity contribution is -0.139. The molecule has 128 valence electrons. The van der Waals surface area contributed by atoms with E-state index in [1.165, 1.54) is 12.1 Å². The molecule has 0 saturated carbocycles. The molecule has 0 fully saturated rings. The average Bonchev–Trinajstić information content (AvgIpc) is 2.89. The summed E-state index contributed by atoms with van der Waals surface area (Å²) in [6.45, 7) is 2.31. The van der Waals surface area contributed by atoms with E-state index in [2.05, 4.69) is 0 Å². The van der Waals surface area contributed by atoms with E-state index in [-0.39, 0.29) is 20.5 Å². The molecule has 0 bridgehead atoms. The van der Waals surface area contributed by atoms with Crippen molar-refractivity contribution in [3.8, 4) is 5.75 Å². The van der Waals surface area contributed by atoms with Crippen molar-refractivity contribution in [2.45, 2.75) is 25.9 Å². The molecule has 7 heteroatoms. The van der Waals surface area contributed by atoms with Gasteiger partial charge < -0.3 is 4.74 Å². The van der Waals surface area contributed by atoms with Crippen molar-refractivity contribution in [3.63, 3.8) is 0 Å². The average molecular weight is 360 g/mol. The topological polar surface area (TPSA) is 9.23 Å². The summed E-state index contributed by atoms with van der Waals surface area (Å²) in [5, 5.41) is 0.641. The first-order valence-corrected chi connectivity index (χ1v) is 8.19. The number of fused-ring (bicyclic) bond motifs is 3. The third-order valence-corrected chi connectivity index (χ3v) is 4.92. The molecule has 2 aromatic carbocycles. The molecule has 1 nitrogen and oxygen atoms in total. The number of thiophene rings is 1. The zero-order chi connectivity index (χ0) is 17.5. The molecule has 3 aromatic rings. The van der Waals surface area contributed by atoms with Gasteiger partial charge in [-0.15, -0.1) is 11.3 Å². The lowest BCUT2D eigenvalue weighted by atomic mass is 10.1. The minimum Gasteiger partial charge on any atom is -0.490 e. The minimum atomic E-state index is -4.79. The van der Waals surface area contributed by atoms with E-state index in [0.29, 0.717) is 29.4 Å². The highest BCUT2D eigenvalue weighted by Gasteiger charge is 2.35. The van der Waals surface area contributed by atoms with Crippen LogP contribution in [-0.2, 0) is 6.18 Å². The molecule has 24 heavy (non-hydrogen) atoms. The zero-order valence-corrected chi connectivity index (χ0v) is 13.5. The molecule has 0 aliphatic carbocycles. The van der Waals surface area contributed by atoms with Crippen LogP contribution in [0.1, 0.15) is 25.3 Å². The second-order valence-electron chi connectivity index (χ2n) is 5.36. The van der Waals surface area contributed by atoms with Crippen LogP contribution in [0.3, 0.4) is 0 Å². The normalized spacial score (nSPS) is 12.2. The molecule has 0 amide bonds. The van der Waals surface area contributed by atoms with Crippen molar-refractivity contribution in [2.24, 2.45) is 0 Å². The summed E-state index contributed by atoms with van der Waals surface area (Å²) in [6, 6.07) is 4.84. The summed E-state index contributed by atoms with van der Waals surface area (Å²) in [5.41, 5.74) is -1.35. The van der Waals surface area contributed by atoms with Gasteiger partial charge in [0, 0.05) is 10.8 Å². The van der Waals surface area contributed by atoms with E-state index in [1.54, 1.807) is 6.07 Å². The molecule has 0 aliphatic rings. The molecule has 0 atom stereocenters. The fourth-order valence-corrected chi connectivity index (χ4v) is 3.65. The fourth-order valence-electron chi connectivity index (χ4n) is 2.48. The monoisotopic (exact) mass is 360 g/mol. The SMILES string of the molecule is CCCCOc1ccc2c(sc3c(F)c(C(F)(F)F)ccc32)c1F. The highest BCUT2D eigenvalue weighted by atomic mass is 32.1. The number of unbranched alkanes of at least 4 members (excludes halogenated alkanes) is 1. The van der Waals surface area contributed by atoms with Gasteiger partial charge in [0.25, 0.3) is 0 Å². The van der Waals surface area contributed by atoms with Gasteiger partial charge in [0.1, 0.15) is 0 Å². The Bertz CT molecular complexity index is 897. The maximum Gasteiger partial charge on any atom is 0.419 e. The predicted octanol–water partition coefficient (Wildman–Crippen LogP) is 6.53. The Morgan fingerprint density at radius 2 is 1.58 bits per heavy atom. The molecular formula is C17H13F5OS. The van der Waals surface area contributed by atoms with Crippen molar-refractivity contribution in [3.05, 3.63) is 41.5 Å². The Morgan fingerprint density at radius 1 is 0.958 bits per heavy atom. The predicted molar refractivity (Wildman–Crippen MR) is 84.7 cm³/mol. The van der Waals surface area contributed by atoms with Crippen LogP contribution in [0.15, 0.2) is 24.3 Å². The Balaban J connectivity index is 2.16. The standard InChI is InChI=1S/C17H13F5OS/c1-2-3-8-23-12-7-5-10-9-4-6-11(17(20,21)22)13(18)15(9)24-16(10)14(12)19/h4-7H,2-3,8H2,1H3.